The first-order valence-electron chi connectivity index (χ1n) is 26.8. The summed E-state index contributed by atoms with van der Waals surface area (Å²) < 4.78 is 4.16. The lowest BCUT2D eigenvalue weighted by Gasteiger charge is -2.51. The molecule has 12 rings (SSSR count). The highest BCUT2D eigenvalue weighted by molar-refractivity contribution is 7.35. The van der Waals surface area contributed by atoms with Crippen LogP contribution >= 0.6 is 22.7 Å². The van der Waals surface area contributed by atoms with Crippen molar-refractivity contribution in [3.8, 4) is 0 Å². The van der Waals surface area contributed by atoms with Gasteiger partial charge in [0.15, 0.2) is 0 Å². The molecule has 368 valence electrons. The van der Waals surface area contributed by atoms with Gasteiger partial charge in [-0.05, 0) is 165 Å². The zero-order valence-corrected chi connectivity index (χ0v) is 47.6. The predicted molar refractivity (Wildman–Crippen MR) is 318 cm³/mol. The highest BCUT2D eigenvalue weighted by atomic mass is 32.1. The third-order valence-corrected chi connectivity index (χ3v) is 20.1. The first-order chi connectivity index (χ1) is 33.8. The first-order valence-corrected chi connectivity index (χ1v) is 28.5. The van der Waals surface area contributed by atoms with Gasteiger partial charge in [-0.1, -0.05) is 157 Å². The lowest BCUT2D eigenvalue weighted by atomic mass is 9.36. The van der Waals surface area contributed by atoms with Crippen molar-refractivity contribution in [3.05, 3.63) is 148 Å². The molecule has 0 radical (unpaired) electrons. The Hall–Kier alpha value is -5.30. The Morgan fingerprint density at radius 2 is 0.986 bits per heavy atom. The van der Waals surface area contributed by atoms with Crippen LogP contribution in [-0.2, 0) is 27.1 Å². The second-order valence-corrected chi connectivity index (χ2v) is 28.9. The van der Waals surface area contributed by atoms with Crippen LogP contribution in [0.5, 0.6) is 0 Å². The van der Waals surface area contributed by atoms with E-state index in [-0.39, 0.29) is 39.3 Å². The molecule has 72 heavy (non-hydrogen) atoms. The zero-order chi connectivity index (χ0) is 51.0. The normalized spacial score (nSPS) is 19.7. The number of hydrogen-bond donors (Lipinski definition) is 0. The molecule has 6 aromatic carbocycles. The van der Waals surface area contributed by atoms with Gasteiger partial charge in [0, 0.05) is 59.1 Å². The van der Waals surface area contributed by atoms with Gasteiger partial charge in [0.25, 0.3) is 6.71 Å². The minimum atomic E-state index is -0.121. The number of nitrogens with zero attached hydrogens (tertiary/aromatic N) is 3. The summed E-state index contributed by atoms with van der Waals surface area (Å²) in [6, 6.07) is 44.3. The number of thiophene rings is 2. The summed E-state index contributed by atoms with van der Waals surface area (Å²) in [7, 11) is 0. The van der Waals surface area contributed by atoms with Gasteiger partial charge in [-0.2, -0.15) is 0 Å². The minimum Gasteiger partial charge on any atom is -0.334 e. The number of aryl methyl sites for hydroxylation is 2. The number of fused-ring (bicyclic) bond motifs is 11. The smallest absolute Gasteiger partial charge is 0.266 e. The molecule has 8 aromatic rings. The van der Waals surface area contributed by atoms with Crippen LogP contribution in [0.3, 0.4) is 0 Å². The summed E-state index contributed by atoms with van der Waals surface area (Å²) in [5, 5.41) is 4.04. The average molecular weight is 984 g/mol. The molecule has 0 amide bonds. The summed E-state index contributed by atoms with van der Waals surface area (Å²) in [5.74, 6) is 0. The van der Waals surface area contributed by atoms with Crippen molar-refractivity contribution in [2.75, 3.05) is 14.7 Å². The molecule has 3 aliphatic heterocycles. The largest absolute Gasteiger partial charge is 0.334 e. The molecule has 1 fully saturated rings. The summed E-state index contributed by atoms with van der Waals surface area (Å²) in [6.45, 7) is 38.0. The fraction of sp³-hybridized carbons (Fsp3) is 0.394. The molecule has 4 aliphatic rings. The monoisotopic (exact) mass is 984 g/mol. The van der Waals surface area contributed by atoms with Crippen molar-refractivity contribution >= 4 is 110 Å². The summed E-state index contributed by atoms with van der Waals surface area (Å²) >= 11 is 4.02. The molecule has 1 saturated carbocycles. The molecule has 6 heteroatoms. The van der Waals surface area contributed by atoms with E-state index in [9.17, 15) is 0 Å². The molecule has 0 N–H and O–H groups in total. The Morgan fingerprint density at radius 1 is 0.486 bits per heavy atom. The van der Waals surface area contributed by atoms with Crippen LogP contribution in [0.25, 0.3) is 20.2 Å². The van der Waals surface area contributed by atoms with Gasteiger partial charge >= 0.3 is 0 Å². The summed E-state index contributed by atoms with van der Waals surface area (Å²) in [4.78, 5) is 8.25. The van der Waals surface area contributed by atoms with Crippen LogP contribution in [0.2, 0.25) is 0 Å². The van der Waals surface area contributed by atoms with Crippen LogP contribution in [0.15, 0.2) is 109 Å². The quantitative estimate of drug-likeness (QED) is 0.163. The molecular weight excluding hydrogens is 910 g/mol. The fourth-order valence-electron chi connectivity index (χ4n) is 13.6. The van der Waals surface area contributed by atoms with E-state index < -0.39 is 0 Å². The van der Waals surface area contributed by atoms with E-state index in [1.807, 2.05) is 22.7 Å². The molecule has 3 nitrogen and oxygen atoms in total. The molecule has 0 bridgehead atoms. The van der Waals surface area contributed by atoms with Crippen LogP contribution < -0.4 is 30.4 Å². The van der Waals surface area contributed by atoms with Gasteiger partial charge in [-0.15, -0.1) is 22.7 Å². The molecule has 5 heterocycles. The topological polar surface area (TPSA) is 9.72 Å². The minimum absolute atomic E-state index is 0.00385. The maximum atomic E-state index is 2.85. The van der Waals surface area contributed by atoms with E-state index in [1.165, 1.54) is 133 Å². The zero-order valence-electron chi connectivity index (χ0n) is 46.0. The first kappa shape index (κ1) is 47.7. The Morgan fingerprint density at radius 3 is 1.56 bits per heavy atom. The number of benzene rings is 6. The Labute approximate surface area is 439 Å². The molecule has 2 atom stereocenters. The number of anilines is 8. The lowest BCUT2D eigenvalue weighted by molar-refractivity contribution is 0.194. The Bertz CT molecular complexity index is 3530. The third-order valence-electron chi connectivity index (χ3n) is 17.8. The van der Waals surface area contributed by atoms with Gasteiger partial charge in [-0.3, -0.25) is 0 Å². The van der Waals surface area contributed by atoms with Crippen LogP contribution in [0.1, 0.15) is 162 Å². The van der Waals surface area contributed by atoms with Gasteiger partial charge < -0.3 is 14.7 Å². The van der Waals surface area contributed by atoms with E-state index in [2.05, 4.69) is 235 Å². The average Bonchev–Trinajstić information content (AvgIpc) is 3.93. The SMILES string of the molecule is Cc1cc(C)c2c(c1)N(c1cc3c4c(c1)N(c1ccc(C(C)(C)C)cc1)c1c(sc5cc(C(C)(C)C)ccc15)B4c1c(sc4cc(C(C)(C)C)ccc14)N3c1ccc(C(C)(C)C)cc1)C1(C)CCCCC21C. The molecule has 1 aliphatic carbocycles. The molecule has 0 saturated heterocycles. The molecule has 0 spiro atoms. The van der Waals surface area contributed by atoms with Crippen molar-refractivity contribution in [1.82, 2.24) is 0 Å². The van der Waals surface area contributed by atoms with Gasteiger partial charge in [0.05, 0.1) is 16.2 Å². The summed E-state index contributed by atoms with van der Waals surface area (Å²) in [5.41, 5.74) is 21.6. The standard InChI is InChI=1S/C66H74BN3S2/c1-39-33-40(2)55-50(34-39)70(66(16)32-18-17-31-65(55,66)15)47-37-51-57-52(38-47)69(46-27-21-42(22-28-46)62(6,7)8)60-56(48-29-23-43(63(9,10)11)35-53(48)72-60)67(57)59-58(49-30-24-44(64(12,13)14)36-54(49)71-59)68(51)45-25-19-41(20-26-45)61(3,4)5/h19-30,33-38H,17-18,31-32H2,1-16H3. The van der Waals surface area contributed by atoms with Crippen LogP contribution in [0.4, 0.5) is 44.8 Å². The Balaban J connectivity index is 1.24. The lowest BCUT2D eigenvalue weighted by Crippen LogP contribution is -2.60. The number of rotatable bonds is 3. The van der Waals surface area contributed by atoms with Crippen molar-refractivity contribution in [2.45, 2.75) is 169 Å². The van der Waals surface area contributed by atoms with Crippen molar-refractivity contribution in [1.29, 1.82) is 0 Å². The molecule has 2 aromatic heterocycles. The number of hydrogen-bond acceptors (Lipinski definition) is 5. The van der Waals surface area contributed by atoms with E-state index in [4.69, 9.17) is 0 Å². The summed E-state index contributed by atoms with van der Waals surface area (Å²) in [6.07, 6.45) is 4.83. The van der Waals surface area contributed by atoms with Crippen LogP contribution in [-0.4, -0.2) is 12.3 Å². The molecule has 2 unspecified atom stereocenters. The Kier molecular flexibility index (Phi) is 10.3. The maximum Gasteiger partial charge on any atom is 0.266 e. The second kappa shape index (κ2) is 15.6. The van der Waals surface area contributed by atoms with Crippen molar-refractivity contribution < 1.29 is 0 Å². The highest BCUT2D eigenvalue weighted by Gasteiger charge is 2.59. The highest BCUT2D eigenvalue weighted by Crippen LogP contribution is 2.63. The van der Waals surface area contributed by atoms with Crippen LogP contribution in [0, 0.1) is 13.8 Å². The van der Waals surface area contributed by atoms with E-state index in [0.29, 0.717) is 0 Å². The van der Waals surface area contributed by atoms with Gasteiger partial charge in [-0.25, -0.2) is 0 Å². The predicted octanol–water partition coefficient (Wildman–Crippen LogP) is 17.7. The van der Waals surface area contributed by atoms with Crippen molar-refractivity contribution in [2.24, 2.45) is 0 Å². The molecular formula is C66H74BN3S2. The van der Waals surface area contributed by atoms with E-state index in [1.54, 1.807) is 5.56 Å². The second-order valence-electron chi connectivity index (χ2n) is 26.8. The van der Waals surface area contributed by atoms with Gasteiger partial charge in [0.2, 0.25) is 0 Å². The van der Waals surface area contributed by atoms with Gasteiger partial charge in [0.1, 0.15) is 0 Å². The maximum absolute atomic E-state index is 2.85. The van der Waals surface area contributed by atoms with E-state index in [0.717, 1.165) is 6.42 Å². The third kappa shape index (κ3) is 6.93. The fourth-order valence-corrected chi connectivity index (χ4v) is 16.2. The van der Waals surface area contributed by atoms with Crippen molar-refractivity contribution in [3.63, 3.8) is 0 Å². The van der Waals surface area contributed by atoms with E-state index >= 15 is 0 Å².